The first-order valence-corrected chi connectivity index (χ1v) is 10.5. The van der Waals surface area contributed by atoms with Gasteiger partial charge in [-0.3, -0.25) is 0 Å². The third-order valence-electron chi connectivity index (χ3n) is 5.36. The van der Waals surface area contributed by atoms with Crippen molar-refractivity contribution in [1.29, 1.82) is 0 Å². The highest BCUT2D eigenvalue weighted by molar-refractivity contribution is 7.37. The van der Waals surface area contributed by atoms with E-state index < -0.39 is 0 Å². The minimum absolute atomic E-state index is 1.32. The Kier molecular flexibility index (Phi) is 2.87. The summed E-state index contributed by atoms with van der Waals surface area (Å²) in [6, 6.07) is 22.8. The van der Waals surface area contributed by atoms with Crippen molar-refractivity contribution in [2.45, 2.75) is 13.8 Å². The van der Waals surface area contributed by atoms with Crippen LogP contribution in [-0.4, -0.2) is 0 Å². The van der Waals surface area contributed by atoms with Gasteiger partial charge in [0.2, 0.25) is 0 Å². The third-order valence-corrected chi connectivity index (χ3v) is 7.83. The van der Waals surface area contributed by atoms with E-state index in [9.17, 15) is 0 Å². The summed E-state index contributed by atoms with van der Waals surface area (Å²) in [5.74, 6) is 0. The Balaban J connectivity index is 1.86. The van der Waals surface area contributed by atoms with E-state index in [1.165, 1.54) is 62.2 Å². The molecule has 0 aliphatic carbocycles. The smallest absolute Gasteiger partial charge is 0.0548 e. The fourth-order valence-electron chi connectivity index (χ4n) is 4.14. The van der Waals surface area contributed by atoms with Crippen molar-refractivity contribution in [1.82, 2.24) is 0 Å². The Morgan fingerprint density at radius 3 is 1.46 bits per heavy atom. The average Bonchev–Trinajstić information content (AvgIpc) is 3.17. The molecule has 4 aromatic carbocycles. The summed E-state index contributed by atoms with van der Waals surface area (Å²) in [4.78, 5) is 0. The predicted octanol–water partition coefficient (Wildman–Crippen LogP) is 8.19. The molecular weight excluding hydrogens is 352 g/mol. The van der Waals surface area contributed by atoms with Crippen LogP contribution in [0.5, 0.6) is 0 Å². The highest BCUT2D eigenvalue weighted by atomic mass is 32.1. The van der Waals surface area contributed by atoms with Crippen LogP contribution in [0.3, 0.4) is 0 Å². The number of hydrogen-bond donors (Lipinski definition) is 0. The van der Waals surface area contributed by atoms with Gasteiger partial charge in [0, 0.05) is 20.2 Å². The number of hydrogen-bond acceptors (Lipinski definition) is 2. The van der Waals surface area contributed by atoms with Crippen LogP contribution < -0.4 is 0 Å². The average molecular weight is 369 g/mol. The molecule has 2 heterocycles. The first-order chi connectivity index (χ1) is 12.7. The minimum atomic E-state index is 1.32. The third kappa shape index (κ3) is 1.89. The van der Waals surface area contributed by atoms with Gasteiger partial charge < -0.3 is 0 Å². The minimum Gasteiger partial charge on any atom is -0.134 e. The van der Waals surface area contributed by atoms with Gasteiger partial charge in [0.25, 0.3) is 0 Å². The van der Waals surface area contributed by atoms with E-state index in [0.717, 1.165) is 0 Å². The van der Waals surface area contributed by atoms with E-state index in [-0.39, 0.29) is 0 Å². The molecule has 0 bridgehead atoms. The van der Waals surface area contributed by atoms with Crippen LogP contribution in [0.25, 0.3) is 51.1 Å². The standard InChI is InChI=1S/C24H16S2/c1-13-3-7-17-15(11-13)5-9-19-21(17)23-24(25-19)22-18-8-4-14(2)12-16(18)6-10-20(22)26-23/h3-12H,1-2H3. The maximum absolute atomic E-state index is 2.30. The molecule has 0 aliphatic rings. The quantitative estimate of drug-likeness (QED) is 0.253. The molecule has 26 heavy (non-hydrogen) atoms. The Hall–Kier alpha value is -2.42. The summed E-state index contributed by atoms with van der Waals surface area (Å²) >= 11 is 3.89. The van der Waals surface area contributed by atoms with Gasteiger partial charge >= 0.3 is 0 Å². The summed E-state index contributed by atoms with van der Waals surface area (Å²) in [5, 5.41) is 8.32. The van der Waals surface area contributed by atoms with Gasteiger partial charge in [-0.2, -0.15) is 0 Å². The maximum atomic E-state index is 2.30. The van der Waals surface area contributed by atoms with Crippen LogP contribution in [0.4, 0.5) is 0 Å². The molecule has 0 unspecified atom stereocenters. The van der Waals surface area contributed by atoms with Gasteiger partial charge in [-0.15, -0.1) is 22.7 Å². The Morgan fingerprint density at radius 1 is 0.538 bits per heavy atom. The van der Waals surface area contributed by atoms with Crippen molar-refractivity contribution in [3.8, 4) is 0 Å². The van der Waals surface area contributed by atoms with E-state index in [2.05, 4.69) is 74.5 Å². The maximum Gasteiger partial charge on any atom is 0.0548 e. The second kappa shape index (κ2) is 5.06. The largest absolute Gasteiger partial charge is 0.134 e. The number of thiophene rings is 2. The van der Waals surface area contributed by atoms with Crippen molar-refractivity contribution in [3.05, 3.63) is 71.8 Å². The molecule has 0 spiro atoms. The second-order valence-corrected chi connectivity index (χ2v) is 9.29. The number of rotatable bonds is 0. The van der Waals surface area contributed by atoms with Gasteiger partial charge in [0.05, 0.1) is 9.40 Å². The zero-order chi connectivity index (χ0) is 17.4. The van der Waals surface area contributed by atoms with E-state index in [0.29, 0.717) is 0 Å². The first-order valence-electron chi connectivity index (χ1n) is 8.86. The van der Waals surface area contributed by atoms with Crippen LogP contribution in [0.15, 0.2) is 60.7 Å². The predicted molar refractivity (Wildman–Crippen MR) is 119 cm³/mol. The molecule has 0 nitrogen and oxygen atoms in total. The molecule has 0 amide bonds. The Labute approximate surface area is 159 Å². The monoisotopic (exact) mass is 368 g/mol. The molecule has 2 aromatic heterocycles. The molecule has 6 aromatic rings. The van der Waals surface area contributed by atoms with Crippen LogP contribution in [0, 0.1) is 13.8 Å². The molecular formula is C24H16S2. The molecule has 0 saturated heterocycles. The lowest BCUT2D eigenvalue weighted by atomic mass is 10.0. The molecule has 0 saturated carbocycles. The molecule has 0 aliphatic heterocycles. The molecule has 6 rings (SSSR count). The number of benzene rings is 4. The van der Waals surface area contributed by atoms with Crippen LogP contribution in [0.2, 0.25) is 0 Å². The van der Waals surface area contributed by atoms with E-state index in [4.69, 9.17) is 0 Å². The Bertz CT molecular complexity index is 1380. The van der Waals surface area contributed by atoms with Crippen molar-refractivity contribution >= 4 is 73.8 Å². The van der Waals surface area contributed by atoms with E-state index in [1.54, 1.807) is 0 Å². The van der Waals surface area contributed by atoms with Gasteiger partial charge in [0.15, 0.2) is 0 Å². The molecule has 0 atom stereocenters. The first kappa shape index (κ1) is 14.7. The zero-order valence-corrected chi connectivity index (χ0v) is 16.2. The van der Waals surface area contributed by atoms with Gasteiger partial charge in [-0.1, -0.05) is 59.7 Å². The summed E-state index contributed by atoms with van der Waals surface area (Å²) < 4.78 is 5.69. The summed E-state index contributed by atoms with van der Waals surface area (Å²) in [5.41, 5.74) is 2.64. The normalized spacial score (nSPS) is 12.2. The lowest BCUT2D eigenvalue weighted by Gasteiger charge is -2.02. The fraction of sp³-hybridized carbons (Fsp3) is 0.0833. The van der Waals surface area contributed by atoms with Crippen molar-refractivity contribution in [3.63, 3.8) is 0 Å². The Morgan fingerprint density at radius 2 is 1.00 bits per heavy atom. The molecule has 0 radical (unpaired) electrons. The lowest BCUT2D eigenvalue weighted by molar-refractivity contribution is 1.51. The van der Waals surface area contributed by atoms with Crippen LogP contribution in [0.1, 0.15) is 11.1 Å². The molecule has 124 valence electrons. The highest BCUT2D eigenvalue weighted by Gasteiger charge is 2.16. The van der Waals surface area contributed by atoms with Gasteiger partial charge in [0.1, 0.15) is 0 Å². The SMILES string of the molecule is Cc1ccc2c(ccc3sc4c(sc5ccc6cc(C)ccc6c54)c32)c1. The van der Waals surface area contributed by atoms with Gasteiger partial charge in [-0.25, -0.2) is 0 Å². The van der Waals surface area contributed by atoms with Crippen molar-refractivity contribution in [2.75, 3.05) is 0 Å². The lowest BCUT2D eigenvalue weighted by Crippen LogP contribution is -1.75. The molecule has 0 fully saturated rings. The molecule has 2 heteroatoms. The number of fused-ring (bicyclic) bond motifs is 9. The van der Waals surface area contributed by atoms with Crippen molar-refractivity contribution < 1.29 is 0 Å². The topological polar surface area (TPSA) is 0 Å². The van der Waals surface area contributed by atoms with Crippen molar-refractivity contribution in [2.24, 2.45) is 0 Å². The van der Waals surface area contributed by atoms with Crippen LogP contribution in [-0.2, 0) is 0 Å². The summed E-state index contributed by atoms with van der Waals surface area (Å²) in [6.07, 6.45) is 0. The summed E-state index contributed by atoms with van der Waals surface area (Å²) in [6.45, 7) is 4.33. The number of aryl methyl sites for hydroxylation is 2. The zero-order valence-electron chi connectivity index (χ0n) is 14.6. The highest BCUT2D eigenvalue weighted by Crippen LogP contribution is 2.48. The molecule has 0 N–H and O–H groups in total. The van der Waals surface area contributed by atoms with Crippen LogP contribution >= 0.6 is 22.7 Å². The van der Waals surface area contributed by atoms with E-state index in [1.807, 2.05) is 22.7 Å². The van der Waals surface area contributed by atoms with Gasteiger partial charge in [-0.05, 0) is 47.5 Å². The summed E-state index contributed by atoms with van der Waals surface area (Å²) in [7, 11) is 0. The van der Waals surface area contributed by atoms with E-state index >= 15 is 0 Å². The second-order valence-electron chi connectivity index (χ2n) is 7.19. The fourth-order valence-corrected chi connectivity index (χ4v) is 6.89.